The molecular weight excluding hydrogens is 252 g/mol. The number of primary sulfonamides is 1. The van der Waals surface area contributed by atoms with Gasteiger partial charge in [0.25, 0.3) is 0 Å². The molecule has 0 bridgehead atoms. The van der Waals surface area contributed by atoms with E-state index in [-0.39, 0.29) is 4.90 Å². The highest BCUT2D eigenvalue weighted by molar-refractivity contribution is 7.89. The average molecular weight is 270 g/mol. The fourth-order valence-corrected chi connectivity index (χ4v) is 2.60. The van der Waals surface area contributed by atoms with Crippen LogP contribution < -0.4 is 10.5 Å². The fourth-order valence-electron chi connectivity index (χ4n) is 2.02. The molecule has 1 fully saturated rings. The van der Waals surface area contributed by atoms with E-state index in [0.717, 1.165) is 18.4 Å². The monoisotopic (exact) mass is 270 g/mol. The Labute approximate surface area is 107 Å². The molecule has 0 radical (unpaired) electrons. The lowest BCUT2D eigenvalue weighted by Gasteiger charge is -2.34. The molecule has 5 nitrogen and oxygen atoms in total. The van der Waals surface area contributed by atoms with E-state index >= 15 is 0 Å². The third-order valence-electron chi connectivity index (χ3n) is 3.25. The van der Waals surface area contributed by atoms with E-state index < -0.39 is 10.0 Å². The van der Waals surface area contributed by atoms with Crippen LogP contribution in [0.2, 0.25) is 0 Å². The third kappa shape index (κ3) is 3.29. The summed E-state index contributed by atoms with van der Waals surface area (Å²) in [6.07, 6.45) is 2.37. The first-order chi connectivity index (χ1) is 8.49. The van der Waals surface area contributed by atoms with Crippen LogP contribution in [0.1, 0.15) is 18.4 Å². The molecule has 0 amide bonds. The van der Waals surface area contributed by atoms with Gasteiger partial charge in [-0.3, -0.25) is 0 Å². The van der Waals surface area contributed by atoms with E-state index in [9.17, 15) is 8.42 Å². The van der Waals surface area contributed by atoms with E-state index in [1.54, 1.807) is 19.2 Å². The Bertz CT molecular complexity index is 510. The lowest BCUT2D eigenvalue weighted by Crippen LogP contribution is -2.44. The number of nitrogens with one attached hydrogen (secondary N) is 1. The van der Waals surface area contributed by atoms with Crippen LogP contribution in [-0.2, 0) is 21.3 Å². The van der Waals surface area contributed by atoms with Crippen molar-refractivity contribution in [3.63, 3.8) is 0 Å². The fraction of sp³-hybridized carbons (Fsp3) is 0.500. The molecule has 0 unspecified atom stereocenters. The first kappa shape index (κ1) is 13.5. The first-order valence-electron chi connectivity index (χ1n) is 5.87. The topological polar surface area (TPSA) is 81.4 Å². The van der Waals surface area contributed by atoms with E-state index in [1.807, 2.05) is 6.07 Å². The third-order valence-corrected chi connectivity index (χ3v) is 4.16. The second-order valence-electron chi connectivity index (χ2n) is 4.60. The molecule has 0 heterocycles. The Balaban J connectivity index is 1.91. The van der Waals surface area contributed by atoms with E-state index in [2.05, 4.69) is 5.32 Å². The Hall–Kier alpha value is -0.950. The maximum Gasteiger partial charge on any atom is 0.238 e. The summed E-state index contributed by atoms with van der Waals surface area (Å²) >= 11 is 0. The summed E-state index contributed by atoms with van der Waals surface area (Å²) in [7, 11) is -1.90. The second kappa shape index (κ2) is 5.36. The second-order valence-corrected chi connectivity index (χ2v) is 6.16. The first-order valence-corrected chi connectivity index (χ1v) is 7.41. The molecule has 1 aromatic carbocycles. The van der Waals surface area contributed by atoms with Gasteiger partial charge in [-0.05, 0) is 30.5 Å². The van der Waals surface area contributed by atoms with Crippen LogP contribution in [0.15, 0.2) is 29.2 Å². The minimum Gasteiger partial charge on any atom is -0.381 e. The van der Waals surface area contributed by atoms with Crippen molar-refractivity contribution in [3.05, 3.63) is 29.8 Å². The molecule has 0 atom stereocenters. The van der Waals surface area contributed by atoms with Crippen molar-refractivity contribution in [2.24, 2.45) is 5.14 Å². The highest BCUT2D eigenvalue weighted by Crippen LogP contribution is 2.22. The van der Waals surface area contributed by atoms with Gasteiger partial charge in [0, 0.05) is 19.7 Å². The summed E-state index contributed by atoms with van der Waals surface area (Å²) in [4.78, 5) is 0.158. The summed E-state index contributed by atoms with van der Waals surface area (Å²) in [6.45, 7) is 0.643. The van der Waals surface area contributed by atoms with Crippen molar-refractivity contribution in [1.29, 1.82) is 0 Å². The molecule has 18 heavy (non-hydrogen) atoms. The molecule has 1 saturated carbocycles. The van der Waals surface area contributed by atoms with Gasteiger partial charge < -0.3 is 10.1 Å². The molecule has 3 N–H and O–H groups in total. The number of methoxy groups -OCH3 is 1. The van der Waals surface area contributed by atoms with Crippen LogP contribution in [0.3, 0.4) is 0 Å². The molecule has 1 aromatic rings. The van der Waals surface area contributed by atoms with Gasteiger partial charge >= 0.3 is 0 Å². The van der Waals surface area contributed by atoms with Crippen molar-refractivity contribution in [2.75, 3.05) is 7.11 Å². The minimum absolute atomic E-state index is 0.158. The molecule has 0 aromatic heterocycles. The molecule has 0 aliphatic heterocycles. The maximum absolute atomic E-state index is 11.2. The van der Waals surface area contributed by atoms with E-state index in [0.29, 0.717) is 18.7 Å². The van der Waals surface area contributed by atoms with Gasteiger partial charge in [-0.2, -0.15) is 0 Å². The number of hydrogen-bond acceptors (Lipinski definition) is 4. The van der Waals surface area contributed by atoms with Crippen LogP contribution in [0.5, 0.6) is 0 Å². The van der Waals surface area contributed by atoms with Crippen LogP contribution in [0.4, 0.5) is 0 Å². The van der Waals surface area contributed by atoms with Gasteiger partial charge in [-0.1, -0.05) is 12.1 Å². The lowest BCUT2D eigenvalue weighted by molar-refractivity contribution is 0.0170. The Morgan fingerprint density at radius 2 is 2.17 bits per heavy atom. The lowest BCUT2D eigenvalue weighted by atomic mass is 9.89. The summed E-state index contributed by atoms with van der Waals surface area (Å²) in [5.74, 6) is 0. The number of rotatable bonds is 5. The van der Waals surface area contributed by atoms with Gasteiger partial charge in [0.05, 0.1) is 11.0 Å². The molecule has 0 saturated heterocycles. The quantitative estimate of drug-likeness (QED) is 0.821. The van der Waals surface area contributed by atoms with Gasteiger partial charge in [0.1, 0.15) is 0 Å². The van der Waals surface area contributed by atoms with E-state index in [1.165, 1.54) is 6.07 Å². The van der Waals surface area contributed by atoms with E-state index in [4.69, 9.17) is 9.88 Å². The Kier molecular flexibility index (Phi) is 4.01. The summed E-state index contributed by atoms with van der Waals surface area (Å²) in [5, 5.41) is 8.45. The molecule has 100 valence electrons. The van der Waals surface area contributed by atoms with Crippen molar-refractivity contribution in [1.82, 2.24) is 5.32 Å². The number of ether oxygens (including phenoxy) is 1. The van der Waals surface area contributed by atoms with Crippen LogP contribution in [0.25, 0.3) is 0 Å². The van der Waals surface area contributed by atoms with Crippen LogP contribution in [-0.4, -0.2) is 27.7 Å². The maximum atomic E-state index is 11.2. The number of sulfonamides is 1. The van der Waals surface area contributed by atoms with Gasteiger partial charge in [0.2, 0.25) is 10.0 Å². The largest absolute Gasteiger partial charge is 0.381 e. The predicted molar refractivity (Wildman–Crippen MR) is 68.5 cm³/mol. The predicted octanol–water partition coefficient (Wildman–Crippen LogP) is 0.601. The number of benzene rings is 1. The normalized spacial score (nSPS) is 23.7. The molecule has 6 heteroatoms. The molecule has 2 rings (SSSR count). The van der Waals surface area contributed by atoms with Crippen LogP contribution >= 0.6 is 0 Å². The Morgan fingerprint density at radius 3 is 2.78 bits per heavy atom. The van der Waals surface area contributed by atoms with Crippen molar-refractivity contribution < 1.29 is 13.2 Å². The average Bonchev–Trinajstić information content (AvgIpc) is 2.26. The molecule has 0 spiro atoms. The summed E-state index contributed by atoms with van der Waals surface area (Å²) in [5.41, 5.74) is 0.919. The van der Waals surface area contributed by atoms with Gasteiger partial charge in [-0.15, -0.1) is 0 Å². The van der Waals surface area contributed by atoms with Gasteiger partial charge in [-0.25, -0.2) is 13.6 Å². The zero-order chi connectivity index (χ0) is 13.2. The zero-order valence-corrected chi connectivity index (χ0v) is 11.1. The molecule has 1 aliphatic rings. The number of nitrogens with two attached hydrogens (primary N) is 1. The highest BCUT2D eigenvalue weighted by atomic mass is 32.2. The Morgan fingerprint density at radius 1 is 1.44 bits per heavy atom. The molecular formula is C12H18N2O3S. The van der Waals surface area contributed by atoms with Gasteiger partial charge in [0.15, 0.2) is 0 Å². The summed E-state index contributed by atoms with van der Waals surface area (Å²) in [6, 6.07) is 7.15. The minimum atomic E-state index is -3.62. The standard InChI is InChI=1S/C12H18N2O3S/c1-17-11-6-10(7-11)14-8-9-3-2-4-12(5-9)18(13,15)16/h2-5,10-11,14H,6-8H2,1H3,(H2,13,15,16). The SMILES string of the molecule is COC1CC(NCc2cccc(S(N)(=O)=O)c2)C1. The number of hydrogen-bond donors (Lipinski definition) is 2. The van der Waals surface area contributed by atoms with Crippen molar-refractivity contribution in [2.45, 2.75) is 36.4 Å². The van der Waals surface area contributed by atoms with Crippen LogP contribution in [0, 0.1) is 0 Å². The van der Waals surface area contributed by atoms with Crippen molar-refractivity contribution >= 4 is 10.0 Å². The molecule has 1 aliphatic carbocycles. The smallest absolute Gasteiger partial charge is 0.238 e. The van der Waals surface area contributed by atoms with Crippen molar-refractivity contribution in [3.8, 4) is 0 Å². The summed E-state index contributed by atoms with van der Waals surface area (Å²) < 4.78 is 27.6. The highest BCUT2D eigenvalue weighted by Gasteiger charge is 2.28. The zero-order valence-electron chi connectivity index (χ0n) is 10.3.